The monoisotopic (exact) mass is 400 g/mol. The first-order chi connectivity index (χ1) is 13.4. The van der Waals surface area contributed by atoms with E-state index < -0.39 is 11.7 Å². The van der Waals surface area contributed by atoms with Gasteiger partial charge in [-0.05, 0) is 36.6 Å². The van der Waals surface area contributed by atoms with Crippen LogP contribution in [0.15, 0.2) is 30.5 Å². The fraction of sp³-hybridized carbons (Fsp3) is 0.421. The Bertz CT molecular complexity index is 1000. The summed E-state index contributed by atoms with van der Waals surface area (Å²) < 4.78 is 41.0. The molecule has 9 heteroatoms. The van der Waals surface area contributed by atoms with Crippen molar-refractivity contribution in [1.29, 1.82) is 0 Å². The smallest absolute Gasteiger partial charge is 0.355 e. The van der Waals surface area contributed by atoms with Crippen LogP contribution in [0.5, 0.6) is 0 Å². The van der Waals surface area contributed by atoms with Gasteiger partial charge in [0.25, 0.3) is 0 Å². The van der Waals surface area contributed by atoms with Gasteiger partial charge in [0.15, 0.2) is 5.65 Å². The first kappa shape index (κ1) is 18.7. The highest BCUT2D eigenvalue weighted by Crippen LogP contribution is 2.39. The van der Waals surface area contributed by atoms with E-state index in [9.17, 15) is 13.2 Å². The highest BCUT2D eigenvalue weighted by atomic mass is 19.4. The first-order valence-electron chi connectivity index (χ1n) is 9.26. The molecule has 3 N–H and O–H groups in total. The molecule has 158 valence electrons. The normalized spacial score (nSPS) is 20.2. The zero-order valence-electron chi connectivity index (χ0n) is 15.4. The lowest BCUT2D eigenvalue weighted by Gasteiger charge is -2.20. The lowest BCUT2D eigenvalue weighted by atomic mass is 9.99. The van der Waals surface area contributed by atoms with Gasteiger partial charge in [-0.25, -0.2) is 9.97 Å². The van der Waals surface area contributed by atoms with Crippen LogP contribution in [0, 0.1) is 5.92 Å². The van der Waals surface area contributed by atoms with E-state index >= 15 is 0 Å². The summed E-state index contributed by atoms with van der Waals surface area (Å²) in [5, 5.41) is 7.20. The number of H-pyrrole nitrogens is 1. The van der Waals surface area contributed by atoms with Gasteiger partial charge < -0.3 is 10.6 Å². The van der Waals surface area contributed by atoms with Crippen LogP contribution in [-0.4, -0.2) is 39.3 Å². The Kier molecular flexibility index (Phi) is 4.70. The topological polar surface area (TPSA) is 83.7 Å². The molecule has 1 aliphatic rings. The molecule has 28 heavy (non-hydrogen) atoms. The third-order valence-corrected chi connectivity index (χ3v) is 5.23. The predicted molar refractivity (Wildman–Crippen MR) is 111 cm³/mol. The molecule has 3 aromatic rings. The largest absolute Gasteiger partial charge is 0.418 e. The van der Waals surface area contributed by atoms with Gasteiger partial charge in [-0.2, -0.15) is 18.3 Å². The SMILES string of the molecule is CCC[C@H]1CN(c2ccc(C(F)(F)F)c(-c3[nH]nc4ncccc34)n2)C[C@@H]1N.[HH].[HH].[HH].[HH].[HH]. The lowest BCUT2D eigenvalue weighted by Crippen LogP contribution is -2.29. The molecule has 1 fully saturated rings. The van der Waals surface area contributed by atoms with E-state index in [1.807, 2.05) is 4.90 Å². The van der Waals surface area contributed by atoms with E-state index in [1.165, 1.54) is 6.07 Å². The molecule has 0 aliphatic carbocycles. The second kappa shape index (κ2) is 7.05. The molecule has 2 atom stereocenters. The van der Waals surface area contributed by atoms with Gasteiger partial charge in [-0.1, -0.05) is 13.3 Å². The van der Waals surface area contributed by atoms with Crippen molar-refractivity contribution in [1.82, 2.24) is 20.2 Å². The fourth-order valence-electron chi connectivity index (χ4n) is 3.83. The second-order valence-corrected chi connectivity index (χ2v) is 7.15. The van der Waals surface area contributed by atoms with Crippen molar-refractivity contribution < 1.29 is 20.3 Å². The van der Waals surface area contributed by atoms with Crippen LogP contribution in [0.25, 0.3) is 22.4 Å². The average Bonchev–Trinajstić information content (AvgIpc) is 3.25. The van der Waals surface area contributed by atoms with E-state index in [4.69, 9.17) is 5.73 Å². The Labute approximate surface area is 167 Å². The zero-order valence-corrected chi connectivity index (χ0v) is 15.4. The molecule has 0 amide bonds. The molecular formula is C19H31F3N6. The number of halogens is 3. The van der Waals surface area contributed by atoms with Gasteiger partial charge in [0, 0.05) is 37.8 Å². The molecule has 1 saturated heterocycles. The summed E-state index contributed by atoms with van der Waals surface area (Å²) >= 11 is 0. The molecule has 0 aromatic carbocycles. The maximum absolute atomic E-state index is 13.7. The number of hydrogen-bond donors (Lipinski definition) is 2. The number of alkyl halides is 3. The average molecular weight is 400 g/mol. The lowest BCUT2D eigenvalue weighted by molar-refractivity contribution is -0.137. The molecule has 0 spiro atoms. The van der Waals surface area contributed by atoms with Gasteiger partial charge in [0.1, 0.15) is 11.5 Å². The molecular weight excluding hydrogens is 369 g/mol. The molecule has 3 aromatic heterocycles. The van der Waals surface area contributed by atoms with Gasteiger partial charge in [0.2, 0.25) is 0 Å². The van der Waals surface area contributed by atoms with Crippen LogP contribution in [0.3, 0.4) is 0 Å². The number of fused-ring (bicyclic) bond motifs is 1. The Balaban J connectivity index is 0. The molecule has 4 heterocycles. The number of nitrogens with one attached hydrogen (secondary N) is 1. The van der Waals surface area contributed by atoms with Gasteiger partial charge >= 0.3 is 6.18 Å². The van der Waals surface area contributed by atoms with Crippen LogP contribution in [0.4, 0.5) is 19.0 Å². The number of hydrogen-bond acceptors (Lipinski definition) is 5. The number of pyridine rings is 2. The molecule has 4 rings (SSSR count). The Morgan fingerprint density at radius 2 is 2.11 bits per heavy atom. The fourth-order valence-corrected chi connectivity index (χ4v) is 3.83. The second-order valence-electron chi connectivity index (χ2n) is 7.15. The van der Waals surface area contributed by atoms with Crippen molar-refractivity contribution in [2.45, 2.75) is 32.0 Å². The van der Waals surface area contributed by atoms with Gasteiger partial charge in [0.05, 0.1) is 11.3 Å². The first-order valence-corrected chi connectivity index (χ1v) is 9.26. The highest BCUT2D eigenvalue weighted by molar-refractivity contribution is 5.90. The van der Waals surface area contributed by atoms with Crippen molar-refractivity contribution in [3.05, 3.63) is 36.0 Å². The summed E-state index contributed by atoms with van der Waals surface area (Å²) in [5.41, 5.74) is 5.81. The van der Waals surface area contributed by atoms with E-state index in [2.05, 4.69) is 27.1 Å². The summed E-state index contributed by atoms with van der Waals surface area (Å²) in [6.07, 6.45) is -0.985. The number of rotatable bonds is 4. The maximum Gasteiger partial charge on any atom is 0.418 e. The van der Waals surface area contributed by atoms with Crippen LogP contribution in [0.1, 0.15) is 32.5 Å². The van der Waals surface area contributed by atoms with E-state index in [-0.39, 0.29) is 24.6 Å². The number of aromatic amines is 1. The molecule has 6 nitrogen and oxygen atoms in total. The van der Waals surface area contributed by atoms with Crippen molar-refractivity contribution in [3.63, 3.8) is 0 Å². The standard InChI is InChI=1S/C19H21F3N6.5H2/c1-2-4-11-9-28(10-14(11)23)15-7-6-13(19(20,21)22)17(25-15)16-12-5-3-8-24-18(12)27-26-16;;;;;/h3,5-8,11,14H,2,4,9-10,23H2,1H3,(H,24,26,27);5*1H/t11-,14-;;;;;/m0...../s1. The van der Waals surface area contributed by atoms with Crippen molar-refractivity contribution in [2.24, 2.45) is 11.7 Å². The Morgan fingerprint density at radius 1 is 1.29 bits per heavy atom. The zero-order chi connectivity index (χ0) is 19.9. The highest BCUT2D eigenvalue weighted by Gasteiger charge is 2.37. The third kappa shape index (κ3) is 3.30. The number of nitrogens with zero attached hydrogens (tertiary/aromatic N) is 4. The summed E-state index contributed by atoms with van der Waals surface area (Å²) in [5.74, 6) is 0.804. The van der Waals surface area contributed by atoms with E-state index in [1.54, 1.807) is 18.3 Å². The van der Waals surface area contributed by atoms with Crippen LogP contribution >= 0.6 is 0 Å². The summed E-state index contributed by atoms with van der Waals surface area (Å²) in [6.45, 7) is 3.37. The van der Waals surface area contributed by atoms with Crippen molar-refractivity contribution in [2.75, 3.05) is 18.0 Å². The molecule has 0 saturated carbocycles. The quantitative estimate of drug-likeness (QED) is 0.655. The van der Waals surface area contributed by atoms with E-state index in [0.717, 1.165) is 18.9 Å². The minimum absolute atomic E-state index is 0. The Morgan fingerprint density at radius 3 is 2.86 bits per heavy atom. The molecule has 0 bridgehead atoms. The maximum atomic E-state index is 13.7. The molecule has 1 aliphatic heterocycles. The number of anilines is 1. The summed E-state index contributed by atoms with van der Waals surface area (Å²) in [6, 6.07) is 5.83. The molecule has 0 unspecified atom stereocenters. The minimum Gasteiger partial charge on any atom is -0.355 e. The van der Waals surface area contributed by atoms with Crippen LogP contribution < -0.4 is 10.6 Å². The number of nitrogens with two attached hydrogens (primary N) is 1. The third-order valence-electron chi connectivity index (χ3n) is 5.23. The Hall–Kier alpha value is -2.68. The van der Waals surface area contributed by atoms with E-state index in [0.29, 0.717) is 35.9 Å². The number of aromatic nitrogens is 4. The predicted octanol–water partition coefficient (Wildman–Crippen LogP) is 4.83. The summed E-state index contributed by atoms with van der Waals surface area (Å²) in [7, 11) is 0. The minimum atomic E-state index is -4.54. The molecule has 0 radical (unpaired) electrons. The van der Waals surface area contributed by atoms with Crippen molar-refractivity contribution in [3.8, 4) is 11.4 Å². The summed E-state index contributed by atoms with van der Waals surface area (Å²) in [4.78, 5) is 10.4. The van der Waals surface area contributed by atoms with Crippen LogP contribution in [0.2, 0.25) is 0 Å². The van der Waals surface area contributed by atoms with Crippen molar-refractivity contribution >= 4 is 16.9 Å². The van der Waals surface area contributed by atoms with Gasteiger partial charge in [-0.3, -0.25) is 5.10 Å². The van der Waals surface area contributed by atoms with Gasteiger partial charge in [-0.15, -0.1) is 0 Å². The van der Waals surface area contributed by atoms with Crippen LogP contribution in [-0.2, 0) is 6.18 Å².